The molecule has 0 saturated heterocycles. The van der Waals surface area contributed by atoms with Gasteiger partial charge in [-0.2, -0.15) is 13.2 Å². The Morgan fingerprint density at radius 1 is 1.16 bits per heavy atom. The van der Waals surface area contributed by atoms with Gasteiger partial charge in [0.15, 0.2) is 5.69 Å². The summed E-state index contributed by atoms with van der Waals surface area (Å²) in [5.41, 5.74) is -0.964. The summed E-state index contributed by atoms with van der Waals surface area (Å²) in [6.07, 6.45) is 1.23. The minimum atomic E-state index is -4.43. The molecule has 1 heterocycles. The molecule has 6 heteroatoms. The number of rotatable bonds is 7. The van der Waals surface area contributed by atoms with Crippen molar-refractivity contribution in [1.82, 2.24) is 10.2 Å². The van der Waals surface area contributed by atoms with Gasteiger partial charge in [-0.05, 0) is 25.5 Å². The molecule has 0 aliphatic carbocycles. The number of aromatic nitrogens is 2. The quantitative estimate of drug-likeness (QED) is 0.755. The maximum atomic E-state index is 12.3. The standard InChI is InChI=1S/C13H20F3N3/c1-3-4-5-6-7-10(2)17-12-9-8-11(18-19-12)13(14,15)16/h8-10H,3-7H2,1-2H3,(H,17,19). The van der Waals surface area contributed by atoms with Crippen molar-refractivity contribution in [3.63, 3.8) is 0 Å². The second-order valence-corrected chi connectivity index (χ2v) is 4.70. The summed E-state index contributed by atoms with van der Waals surface area (Å²) in [4.78, 5) is 0. The van der Waals surface area contributed by atoms with Crippen molar-refractivity contribution in [1.29, 1.82) is 0 Å². The summed E-state index contributed by atoms with van der Waals surface area (Å²) in [6, 6.07) is 2.44. The molecular formula is C13H20F3N3. The fourth-order valence-electron chi connectivity index (χ4n) is 1.76. The van der Waals surface area contributed by atoms with E-state index in [1.807, 2.05) is 6.92 Å². The second-order valence-electron chi connectivity index (χ2n) is 4.70. The Morgan fingerprint density at radius 3 is 2.42 bits per heavy atom. The lowest BCUT2D eigenvalue weighted by atomic mass is 10.1. The number of hydrogen-bond acceptors (Lipinski definition) is 3. The molecule has 1 aromatic heterocycles. The molecule has 0 radical (unpaired) electrons. The first-order chi connectivity index (χ1) is 8.93. The topological polar surface area (TPSA) is 37.8 Å². The van der Waals surface area contributed by atoms with E-state index in [1.54, 1.807) is 0 Å². The van der Waals surface area contributed by atoms with E-state index in [0.29, 0.717) is 5.82 Å². The van der Waals surface area contributed by atoms with Crippen molar-refractivity contribution < 1.29 is 13.2 Å². The van der Waals surface area contributed by atoms with Gasteiger partial charge in [-0.3, -0.25) is 0 Å². The van der Waals surface area contributed by atoms with Crippen LogP contribution in [0.5, 0.6) is 0 Å². The zero-order chi connectivity index (χ0) is 14.3. The predicted octanol–water partition coefficient (Wildman–Crippen LogP) is 4.27. The van der Waals surface area contributed by atoms with Gasteiger partial charge in [-0.15, -0.1) is 10.2 Å². The van der Waals surface area contributed by atoms with E-state index in [9.17, 15) is 13.2 Å². The van der Waals surface area contributed by atoms with Gasteiger partial charge >= 0.3 is 6.18 Å². The van der Waals surface area contributed by atoms with E-state index < -0.39 is 11.9 Å². The van der Waals surface area contributed by atoms with E-state index in [-0.39, 0.29) is 6.04 Å². The number of anilines is 1. The molecule has 108 valence electrons. The fourth-order valence-corrected chi connectivity index (χ4v) is 1.76. The van der Waals surface area contributed by atoms with Crippen LogP contribution in [-0.4, -0.2) is 16.2 Å². The third-order valence-corrected chi connectivity index (χ3v) is 2.84. The van der Waals surface area contributed by atoms with Gasteiger partial charge in [0.1, 0.15) is 5.82 Å². The number of hydrogen-bond donors (Lipinski definition) is 1. The predicted molar refractivity (Wildman–Crippen MR) is 68.9 cm³/mol. The molecule has 1 aromatic rings. The second kappa shape index (κ2) is 7.31. The van der Waals surface area contributed by atoms with Crippen molar-refractivity contribution in [2.45, 2.75) is 58.2 Å². The molecule has 0 bridgehead atoms. The van der Waals surface area contributed by atoms with Crippen molar-refractivity contribution in [3.8, 4) is 0 Å². The van der Waals surface area contributed by atoms with Crippen LogP contribution in [0.15, 0.2) is 12.1 Å². The number of alkyl halides is 3. The molecule has 0 aliphatic rings. The van der Waals surface area contributed by atoms with Gasteiger partial charge in [0.25, 0.3) is 0 Å². The lowest BCUT2D eigenvalue weighted by Gasteiger charge is -2.14. The molecule has 1 atom stereocenters. The highest BCUT2D eigenvalue weighted by Gasteiger charge is 2.32. The van der Waals surface area contributed by atoms with E-state index in [4.69, 9.17) is 0 Å². The van der Waals surface area contributed by atoms with Gasteiger partial charge in [0.2, 0.25) is 0 Å². The molecule has 0 saturated carbocycles. The van der Waals surface area contributed by atoms with Gasteiger partial charge in [-0.25, -0.2) is 0 Å². The summed E-state index contributed by atoms with van der Waals surface area (Å²) >= 11 is 0. The van der Waals surface area contributed by atoms with Crippen molar-refractivity contribution in [2.24, 2.45) is 0 Å². The SMILES string of the molecule is CCCCCCC(C)Nc1ccc(C(F)(F)F)nn1. The molecule has 1 N–H and O–H groups in total. The summed E-state index contributed by atoms with van der Waals surface area (Å²) in [6.45, 7) is 4.14. The van der Waals surface area contributed by atoms with E-state index >= 15 is 0 Å². The summed E-state index contributed by atoms with van der Waals surface area (Å²) in [7, 11) is 0. The van der Waals surface area contributed by atoms with Gasteiger partial charge in [-0.1, -0.05) is 32.6 Å². The zero-order valence-electron chi connectivity index (χ0n) is 11.3. The van der Waals surface area contributed by atoms with E-state index in [0.717, 1.165) is 18.9 Å². The molecule has 1 rings (SSSR count). The zero-order valence-corrected chi connectivity index (χ0v) is 11.3. The molecule has 0 spiro atoms. The Morgan fingerprint density at radius 2 is 1.89 bits per heavy atom. The minimum absolute atomic E-state index is 0.183. The molecule has 0 aromatic carbocycles. The van der Waals surface area contributed by atoms with Gasteiger partial charge < -0.3 is 5.32 Å². The van der Waals surface area contributed by atoms with Crippen LogP contribution in [-0.2, 0) is 6.18 Å². The minimum Gasteiger partial charge on any atom is -0.366 e. The van der Waals surface area contributed by atoms with Crippen LogP contribution in [0.25, 0.3) is 0 Å². The number of halogens is 3. The number of nitrogens with zero attached hydrogens (tertiary/aromatic N) is 2. The monoisotopic (exact) mass is 275 g/mol. The van der Waals surface area contributed by atoms with Gasteiger partial charge in [0.05, 0.1) is 0 Å². The molecule has 0 fully saturated rings. The highest BCUT2D eigenvalue weighted by molar-refractivity contribution is 5.34. The van der Waals surface area contributed by atoms with Crippen LogP contribution in [0.1, 0.15) is 51.6 Å². The number of unbranched alkanes of at least 4 members (excludes halogenated alkanes) is 3. The number of nitrogens with one attached hydrogen (secondary N) is 1. The third kappa shape index (κ3) is 5.89. The van der Waals surface area contributed by atoms with Gasteiger partial charge in [0, 0.05) is 6.04 Å². The van der Waals surface area contributed by atoms with E-state index in [1.165, 1.54) is 25.3 Å². The smallest absolute Gasteiger partial charge is 0.366 e. The van der Waals surface area contributed by atoms with Crippen LogP contribution in [0.2, 0.25) is 0 Å². The maximum Gasteiger partial charge on any atom is 0.435 e. The maximum absolute atomic E-state index is 12.3. The van der Waals surface area contributed by atoms with E-state index in [2.05, 4.69) is 22.4 Å². The molecule has 19 heavy (non-hydrogen) atoms. The normalized spacial score (nSPS) is 13.3. The van der Waals surface area contributed by atoms with Crippen LogP contribution < -0.4 is 5.32 Å². The largest absolute Gasteiger partial charge is 0.435 e. The average molecular weight is 275 g/mol. The van der Waals surface area contributed by atoms with Crippen LogP contribution in [0.3, 0.4) is 0 Å². The van der Waals surface area contributed by atoms with Crippen molar-refractivity contribution in [2.75, 3.05) is 5.32 Å². The Labute approximate surface area is 111 Å². The first kappa shape index (κ1) is 15.7. The lowest BCUT2D eigenvalue weighted by Crippen LogP contribution is -2.17. The Bertz CT molecular complexity index is 362. The van der Waals surface area contributed by atoms with Crippen LogP contribution in [0, 0.1) is 0 Å². The van der Waals surface area contributed by atoms with Crippen molar-refractivity contribution >= 4 is 5.82 Å². The third-order valence-electron chi connectivity index (χ3n) is 2.84. The first-order valence-electron chi connectivity index (χ1n) is 6.61. The Hall–Kier alpha value is -1.33. The molecule has 0 aliphatic heterocycles. The fraction of sp³-hybridized carbons (Fsp3) is 0.692. The highest BCUT2D eigenvalue weighted by Crippen LogP contribution is 2.27. The average Bonchev–Trinajstić information content (AvgIpc) is 2.34. The molecule has 0 amide bonds. The molecule has 1 unspecified atom stereocenters. The molecular weight excluding hydrogens is 255 g/mol. The summed E-state index contributed by atoms with van der Waals surface area (Å²) in [5, 5.41) is 9.78. The Balaban J connectivity index is 2.40. The molecule has 3 nitrogen and oxygen atoms in total. The summed E-state index contributed by atoms with van der Waals surface area (Å²) < 4.78 is 36.9. The lowest BCUT2D eigenvalue weighted by molar-refractivity contribution is -0.141. The van der Waals surface area contributed by atoms with Crippen LogP contribution >= 0.6 is 0 Å². The highest BCUT2D eigenvalue weighted by atomic mass is 19.4. The first-order valence-corrected chi connectivity index (χ1v) is 6.61. The van der Waals surface area contributed by atoms with Crippen molar-refractivity contribution in [3.05, 3.63) is 17.8 Å². The Kier molecular flexibility index (Phi) is 6.05. The summed E-state index contributed by atoms with van der Waals surface area (Å²) in [5.74, 6) is 0.385. The van der Waals surface area contributed by atoms with Crippen LogP contribution in [0.4, 0.5) is 19.0 Å².